The number of anilines is 1. The number of nitrogens with zero attached hydrogens (tertiary/aromatic N) is 4. The van der Waals surface area contributed by atoms with Gasteiger partial charge in [-0.2, -0.15) is 0 Å². The largest absolute Gasteiger partial charge is 0.366 e. The van der Waals surface area contributed by atoms with E-state index in [1.807, 2.05) is 18.7 Å². The standard InChI is InChI=1S/C17H22N6O2/c1-11(2)17(25)23-7-5-22(6-8-23)14-10-20-16-15(21-14)12(9-19-16)3-4-13(18)24/h3-4,9-11H,5-8H2,1-2H3,(H2,18,24)(H,19,20)/b4-3+. The number of nitrogens with two attached hydrogens (primary N) is 1. The van der Waals surface area contributed by atoms with Crippen LogP contribution >= 0.6 is 0 Å². The van der Waals surface area contributed by atoms with Gasteiger partial charge in [-0.25, -0.2) is 9.97 Å². The van der Waals surface area contributed by atoms with Crippen molar-refractivity contribution in [3.63, 3.8) is 0 Å². The monoisotopic (exact) mass is 342 g/mol. The molecule has 0 aromatic carbocycles. The van der Waals surface area contributed by atoms with Gasteiger partial charge in [0, 0.05) is 49.9 Å². The van der Waals surface area contributed by atoms with E-state index in [9.17, 15) is 9.59 Å². The van der Waals surface area contributed by atoms with E-state index in [2.05, 4.69) is 19.9 Å². The molecule has 0 unspecified atom stereocenters. The fourth-order valence-corrected chi connectivity index (χ4v) is 2.87. The molecule has 25 heavy (non-hydrogen) atoms. The number of aromatic amines is 1. The van der Waals surface area contributed by atoms with Crippen LogP contribution in [-0.2, 0) is 9.59 Å². The third-order valence-electron chi connectivity index (χ3n) is 4.23. The van der Waals surface area contributed by atoms with Gasteiger partial charge in [-0.05, 0) is 6.08 Å². The maximum absolute atomic E-state index is 12.1. The van der Waals surface area contributed by atoms with E-state index in [0.29, 0.717) is 24.3 Å². The number of piperazine rings is 1. The first kappa shape index (κ1) is 16.9. The number of carbonyl (C=O) groups excluding carboxylic acids is 2. The molecule has 0 saturated carbocycles. The van der Waals surface area contributed by atoms with Crippen LogP contribution in [0, 0.1) is 5.92 Å². The first-order valence-electron chi connectivity index (χ1n) is 8.31. The van der Waals surface area contributed by atoms with Crippen molar-refractivity contribution in [3.05, 3.63) is 24.0 Å². The Morgan fingerprint density at radius 2 is 2.00 bits per heavy atom. The lowest BCUT2D eigenvalue weighted by molar-refractivity contribution is -0.134. The zero-order chi connectivity index (χ0) is 18.0. The summed E-state index contributed by atoms with van der Waals surface area (Å²) in [5.41, 5.74) is 7.25. The molecule has 1 saturated heterocycles. The summed E-state index contributed by atoms with van der Waals surface area (Å²) in [5, 5.41) is 0. The maximum Gasteiger partial charge on any atom is 0.241 e. The lowest BCUT2D eigenvalue weighted by atomic mass is 10.1. The van der Waals surface area contributed by atoms with Crippen molar-refractivity contribution in [2.24, 2.45) is 11.7 Å². The van der Waals surface area contributed by atoms with Crippen molar-refractivity contribution in [2.75, 3.05) is 31.1 Å². The van der Waals surface area contributed by atoms with Gasteiger partial charge in [-0.1, -0.05) is 13.8 Å². The van der Waals surface area contributed by atoms with Crippen molar-refractivity contribution >= 4 is 34.9 Å². The van der Waals surface area contributed by atoms with Gasteiger partial charge in [0.25, 0.3) is 0 Å². The van der Waals surface area contributed by atoms with Crippen LogP contribution in [0.2, 0.25) is 0 Å². The van der Waals surface area contributed by atoms with Gasteiger partial charge in [0.15, 0.2) is 5.65 Å². The van der Waals surface area contributed by atoms with Crippen molar-refractivity contribution in [3.8, 4) is 0 Å². The van der Waals surface area contributed by atoms with E-state index < -0.39 is 5.91 Å². The number of hydrogen-bond acceptors (Lipinski definition) is 5. The zero-order valence-corrected chi connectivity index (χ0v) is 14.4. The van der Waals surface area contributed by atoms with Crippen molar-refractivity contribution in [1.29, 1.82) is 0 Å². The molecule has 1 aliphatic heterocycles. The summed E-state index contributed by atoms with van der Waals surface area (Å²) >= 11 is 0. The van der Waals surface area contributed by atoms with Crippen molar-refractivity contribution < 1.29 is 9.59 Å². The number of primary amides is 1. The second kappa shape index (κ2) is 6.92. The number of fused-ring (bicyclic) bond motifs is 1. The number of hydrogen-bond donors (Lipinski definition) is 2. The Kier molecular flexibility index (Phi) is 4.69. The summed E-state index contributed by atoms with van der Waals surface area (Å²) in [4.78, 5) is 39.1. The molecule has 3 rings (SSSR count). The van der Waals surface area contributed by atoms with Crippen LogP contribution in [0.5, 0.6) is 0 Å². The lowest BCUT2D eigenvalue weighted by Gasteiger charge is -2.36. The molecule has 132 valence electrons. The van der Waals surface area contributed by atoms with Crippen LogP contribution in [0.15, 0.2) is 18.5 Å². The van der Waals surface area contributed by atoms with Gasteiger partial charge in [-0.15, -0.1) is 0 Å². The van der Waals surface area contributed by atoms with Gasteiger partial charge < -0.3 is 20.5 Å². The van der Waals surface area contributed by atoms with E-state index >= 15 is 0 Å². The van der Waals surface area contributed by atoms with Crippen LogP contribution in [0.1, 0.15) is 19.4 Å². The van der Waals surface area contributed by atoms with E-state index in [0.717, 1.165) is 24.5 Å². The molecule has 8 heteroatoms. The van der Waals surface area contributed by atoms with Crippen LogP contribution in [0.25, 0.3) is 17.2 Å². The Morgan fingerprint density at radius 3 is 2.64 bits per heavy atom. The van der Waals surface area contributed by atoms with Crippen molar-refractivity contribution in [2.45, 2.75) is 13.8 Å². The number of aromatic nitrogens is 3. The lowest BCUT2D eigenvalue weighted by Crippen LogP contribution is -2.50. The van der Waals surface area contributed by atoms with E-state index in [1.165, 1.54) is 6.08 Å². The molecular formula is C17H22N6O2. The Balaban J connectivity index is 1.77. The Hall–Kier alpha value is -2.90. The minimum Gasteiger partial charge on any atom is -0.366 e. The fraction of sp³-hybridized carbons (Fsp3) is 0.412. The van der Waals surface area contributed by atoms with Crippen molar-refractivity contribution in [1.82, 2.24) is 19.9 Å². The van der Waals surface area contributed by atoms with E-state index in [1.54, 1.807) is 18.5 Å². The number of amides is 2. The molecule has 0 aliphatic carbocycles. The number of carbonyl (C=O) groups is 2. The molecule has 0 radical (unpaired) electrons. The molecule has 3 N–H and O–H groups in total. The summed E-state index contributed by atoms with van der Waals surface area (Å²) in [6.07, 6.45) is 6.39. The molecule has 8 nitrogen and oxygen atoms in total. The molecule has 0 spiro atoms. The molecule has 2 aromatic rings. The quantitative estimate of drug-likeness (QED) is 0.798. The normalized spacial score (nSPS) is 15.5. The second-order valence-electron chi connectivity index (χ2n) is 6.37. The predicted octanol–water partition coefficient (Wildman–Crippen LogP) is 0.761. The highest BCUT2D eigenvalue weighted by Gasteiger charge is 2.23. The molecule has 2 aromatic heterocycles. The summed E-state index contributed by atoms with van der Waals surface area (Å²) < 4.78 is 0. The van der Waals surface area contributed by atoms with Gasteiger partial charge in [0.1, 0.15) is 11.3 Å². The molecule has 2 amide bonds. The highest BCUT2D eigenvalue weighted by Crippen LogP contribution is 2.21. The third kappa shape index (κ3) is 3.62. The molecule has 0 atom stereocenters. The highest BCUT2D eigenvalue weighted by atomic mass is 16.2. The molecular weight excluding hydrogens is 320 g/mol. The Bertz CT molecular complexity index is 818. The molecule has 3 heterocycles. The van der Waals surface area contributed by atoms with Gasteiger partial charge in [0.05, 0.1) is 6.20 Å². The third-order valence-corrected chi connectivity index (χ3v) is 4.23. The van der Waals surface area contributed by atoms with Crippen LogP contribution in [0.3, 0.4) is 0 Å². The molecule has 1 fully saturated rings. The predicted molar refractivity (Wildman–Crippen MR) is 95.7 cm³/mol. The number of H-pyrrole nitrogens is 1. The SMILES string of the molecule is CC(C)C(=O)N1CCN(c2cnc3[nH]cc(/C=C/C(N)=O)c3n2)CC1. The summed E-state index contributed by atoms with van der Waals surface area (Å²) in [6, 6.07) is 0. The van der Waals surface area contributed by atoms with Crippen LogP contribution < -0.4 is 10.6 Å². The second-order valence-corrected chi connectivity index (χ2v) is 6.37. The van der Waals surface area contributed by atoms with Gasteiger partial charge in [0.2, 0.25) is 11.8 Å². The fourth-order valence-electron chi connectivity index (χ4n) is 2.87. The first-order chi connectivity index (χ1) is 12.0. The Morgan fingerprint density at radius 1 is 1.28 bits per heavy atom. The minimum absolute atomic E-state index is 0.0159. The average molecular weight is 342 g/mol. The average Bonchev–Trinajstić information content (AvgIpc) is 3.01. The molecule has 0 bridgehead atoms. The maximum atomic E-state index is 12.1. The first-order valence-corrected chi connectivity index (χ1v) is 8.31. The summed E-state index contributed by atoms with van der Waals surface area (Å²) in [6.45, 7) is 6.63. The number of nitrogens with one attached hydrogen (secondary N) is 1. The topological polar surface area (TPSA) is 108 Å². The molecule has 1 aliphatic rings. The Labute approximate surface area is 145 Å². The van der Waals surface area contributed by atoms with Crippen LogP contribution in [0.4, 0.5) is 5.82 Å². The minimum atomic E-state index is -0.510. The van der Waals surface area contributed by atoms with Crippen LogP contribution in [-0.4, -0.2) is 57.8 Å². The highest BCUT2D eigenvalue weighted by molar-refractivity contribution is 5.93. The zero-order valence-electron chi connectivity index (χ0n) is 14.4. The number of rotatable bonds is 4. The summed E-state index contributed by atoms with van der Waals surface area (Å²) in [5.74, 6) is 0.453. The van der Waals surface area contributed by atoms with Gasteiger partial charge in [-0.3, -0.25) is 9.59 Å². The smallest absolute Gasteiger partial charge is 0.241 e. The summed E-state index contributed by atoms with van der Waals surface area (Å²) in [7, 11) is 0. The van der Waals surface area contributed by atoms with E-state index in [4.69, 9.17) is 5.73 Å². The van der Waals surface area contributed by atoms with E-state index in [-0.39, 0.29) is 11.8 Å². The van der Waals surface area contributed by atoms with Gasteiger partial charge >= 0.3 is 0 Å².